The number of likely N-dealkylation sites (N-methyl/N-ethyl adjacent to an activating group) is 1. The molecule has 1 aliphatic heterocycles. The minimum absolute atomic E-state index is 0.00223. The summed E-state index contributed by atoms with van der Waals surface area (Å²) in [6, 6.07) is 13.0. The molecule has 13 heteroatoms. The van der Waals surface area contributed by atoms with Crippen molar-refractivity contribution >= 4 is 27.1 Å². The Morgan fingerprint density at radius 1 is 1.10 bits per heavy atom. The maximum Gasteiger partial charge on any atom is 0.254 e. The van der Waals surface area contributed by atoms with Gasteiger partial charge < -0.3 is 24.6 Å². The second kappa shape index (κ2) is 13.2. The molecule has 3 heterocycles. The molecule has 0 saturated carbocycles. The zero-order chi connectivity index (χ0) is 29.5. The van der Waals surface area contributed by atoms with Crippen molar-refractivity contribution in [1.82, 2.24) is 34.5 Å². The highest BCUT2D eigenvalue weighted by molar-refractivity contribution is 6.35. The molecule has 216 valence electrons. The first-order valence-corrected chi connectivity index (χ1v) is 15.5. The number of carbonyl (C=O) groups excluding carboxylic acids is 1. The summed E-state index contributed by atoms with van der Waals surface area (Å²) < 4.78 is 13.5. The van der Waals surface area contributed by atoms with Crippen LogP contribution >= 0.6 is 0 Å². The smallest absolute Gasteiger partial charge is 0.254 e. The van der Waals surface area contributed by atoms with Gasteiger partial charge in [0.05, 0.1) is 33.6 Å². The number of carbonyl (C=O) groups is 1. The number of anilines is 2. The lowest BCUT2D eigenvalue weighted by atomic mass is 10.1. The van der Waals surface area contributed by atoms with Crippen LogP contribution in [0.1, 0.15) is 22.8 Å². The second-order valence-electron chi connectivity index (χ2n) is 10.1. The lowest BCUT2D eigenvalue weighted by Gasteiger charge is -2.32. The lowest BCUT2D eigenvalue weighted by molar-refractivity contribution is 0.0664. The van der Waals surface area contributed by atoms with E-state index in [1.807, 2.05) is 24.0 Å². The fourth-order valence-electron chi connectivity index (χ4n) is 4.61. The number of nitrogens with one attached hydrogen (secondary N) is 1. The van der Waals surface area contributed by atoms with Crippen LogP contribution < -0.4 is 14.8 Å². The Kier molecular flexibility index (Phi) is 9.05. The molecule has 1 saturated heterocycles. The van der Waals surface area contributed by atoms with Gasteiger partial charge in [-0.15, -0.1) is 0 Å². The van der Waals surface area contributed by atoms with Gasteiger partial charge in [0.2, 0.25) is 5.95 Å². The third kappa shape index (κ3) is 6.91. The number of amides is 1. The Morgan fingerprint density at radius 2 is 1.88 bits per heavy atom. The summed E-state index contributed by atoms with van der Waals surface area (Å²) in [7, 11) is 2.96. The third-order valence-electron chi connectivity index (χ3n) is 7.13. The van der Waals surface area contributed by atoms with Crippen molar-refractivity contribution in [1.29, 1.82) is 5.26 Å². The first kappa shape index (κ1) is 28.7. The molecule has 1 fully saturated rings. The van der Waals surface area contributed by atoms with Gasteiger partial charge in [-0.3, -0.25) is 9.48 Å². The zero-order valence-corrected chi connectivity index (χ0v) is 25.3. The van der Waals surface area contributed by atoms with Crippen LogP contribution in [0.25, 0.3) is 11.1 Å². The van der Waals surface area contributed by atoms with Gasteiger partial charge in [0, 0.05) is 55.9 Å². The Morgan fingerprint density at radius 3 is 2.57 bits per heavy atom. The number of ether oxygens (including phenoxy) is 2. The Balaban J connectivity index is 1.26. The zero-order valence-electron chi connectivity index (χ0n) is 23.9. The van der Waals surface area contributed by atoms with Crippen LogP contribution in [0.5, 0.6) is 11.5 Å². The SMILES string of the molecule is COc1cc(C(=O)N2CCN(C)CC2)ccc1Nc1ncc(-c2ccc(C#N)c(O[C@@H](C)[SiH2]Cn3cncn3)c2)cn1. The van der Waals surface area contributed by atoms with Crippen LogP contribution in [-0.2, 0) is 6.17 Å². The normalized spacial score (nSPS) is 14.5. The number of aromatic nitrogens is 5. The van der Waals surface area contributed by atoms with Crippen LogP contribution in [0.2, 0.25) is 0 Å². The highest BCUT2D eigenvalue weighted by Crippen LogP contribution is 2.30. The number of hydrogen-bond donors (Lipinski definition) is 1. The summed E-state index contributed by atoms with van der Waals surface area (Å²) in [5.41, 5.74) is 3.32. The molecule has 0 unspecified atom stereocenters. The molecule has 0 spiro atoms. The highest BCUT2D eigenvalue weighted by atomic mass is 28.2. The molecule has 1 aliphatic rings. The lowest BCUT2D eigenvalue weighted by Crippen LogP contribution is -2.47. The van der Waals surface area contributed by atoms with Gasteiger partial charge in [0.25, 0.3) is 5.91 Å². The van der Waals surface area contributed by atoms with E-state index in [9.17, 15) is 10.1 Å². The van der Waals surface area contributed by atoms with Gasteiger partial charge in [0.1, 0.15) is 30.2 Å². The predicted octanol–water partition coefficient (Wildman–Crippen LogP) is 2.30. The van der Waals surface area contributed by atoms with E-state index in [1.165, 1.54) is 6.33 Å². The highest BCUT2D eigenvalue weighted by Gasteiger charge is 2.21. The second-order valence-corrected chi connectivity index (χ2v) is 12.3. The molecule has 2 aromatic carbocycles. The van der Waals surface area contributed by atoms with Crippen LogP contribution in [0.4, 0.5) is 11.6 Å². The summed E-state index contributed by atoms with van der Waals surface area (Å²) in [4.78, 5) is 30.0. The molecule has 2 aromatic heterocycles. The quantitative estimate of drug-likeness (QED) is 0.277. The fraction of sp³-hybridized carbons (Fsp3) is 0.310. The average Bonchev–Trinajstić information content (AvgIpc) is 3.54. The Hall–Kier alpha value is -4.80. The predicted molar refractivity (Wildman–Crippen MR) is 161 cm³/mol. The number of nitrogens with zero attached hydrogens (tertiary/aromatic N) is 8. The Labute approximate surface area is 246 Å². The van der Waals surface area contributed by atoms with Gasteiger partial charge in [0.15, 0.2) is 0 Å². The van der Waals surface area contributed by atoms with E-state index >= 15 is 0 Å². The van der Waals surface area contributed by atoms with E-state index in [1.54, 1.807) is 54.8 Å². The first-order chi connectivity index (χ1) is 20.4. The molecule has 0 radical (unpaired) electrons. The third-order valence-corrected chi connectivity index (χ3v) is 8.83. The van der Waals surface area contributed by atoms with Crippen LogP contribution in [-0.4, -0.2) is 96.0 Å². The number of methoxy groups -OCH3 is 1. The summed E-state index contributed by atoms with van der Waals surface area (Å²) >= 11 is 0. The van der Waals surface area contributed by atoms with Crippen molar-refractivity contribution in [2.24, 2.45) is 0 Å². The standard InChI is InChI=1S/C29H33N9O3Si/c1-20(42-19-38-18-31-17-34-38)41-26-12-21(4-5-23(26)14-30)24-15-32-29(33-16-24)35-25-7-6-22(13-27(25)40-3)28(39)37-10-8-36(2)9-11-37/h4-7,12-13,15-18,20H,8-11,19,42H2,1-3H3,(H,32,33,35)/t20-/m1/s1. The van der Waals surface area contributed by atoms with Crippen molar-refractivity contribution in [3.05, 3.63) is 72.6 Å². The average molecular weight is 584 g/mol. The van der Waals surface area contributed by atoms with Gasteiger partial charge in [-0.1, -0.05) is 6.07 Å². The summed E-state index contributed by atoms with van der Waals surface area (Å²) in [6.07, 6.45) is 7.43. The van der Waals surface area contributed by atoms with Crippen LogP contribution in [0, 0.1) is 11.3 Å². The number of nitriles is 1. The van der Waals surface area contributed by atoms with Gasteiger partial charge in [-0.2, -0.15) is 10.4 Å². The van der Waals surface area contributed by atoms with Crippen molar-refractivity contribution in [2.75, 3.05) is 45.7 Å². The van der Waals surface area contributed by atoms with E-state index < -0.39 is 9.52 Å². The van der Waals surface area contributed by atoms with Crippen LogP contribution in [0.15, 0.2) is 61.4 Å². The summed E-state index contributed by atoms with van der Waals surface area (Å²) in [5.74, 6) is 1.43. The van der Waals surface area contributed by atoms with Gasteiger partial charge in [-0.25, -0.2) is 15.0 Å². The first-order valence-electron chi connectivity index (χ1n) is 13.7. The topological polar surface area (TPSA) is 134 Å². The molecule has 1 amide bonds. The molecular weight excluding hydrogens is 550 g/mol. The number of rotatable bonds is 10. The van der Waals surface area contributed by atoms with Crippen molar-refractivity contribution in [2.45, 2.75) is 18.8 Å². The van der Waals surface area contributed by atoms with Crippen LogP contribution in [0.3, 0.4) is 0 Å². The number of piperazine rings is 1. The molecule has 1 N–H and O–H groups in total. The summed E-state index contributed by atoms with van der Waals surface area (Å²) in [5, 5.41) is 16.9. The van der Waals surface area contributed by atoms with Gasteiger partial charge >= 0.3 is 0 Å². The molecule has 1 atom stereocenters. The monoisotopic (exact) mass is 583 g/mol. The number of benzene rings is 2. The van der Waals surface area contributed by atoms with E-state index in [-0.39, 0.29) is 11.6 Å². The van der Waals surface area contributed by atoms with Crippen molar-refractivity contribution in [3.8, 4) is 28.7 Å². The fourth-order valence-corrected chi connectivity index (χ4v) is 5.77. The summed E-state index contributed by atoms with van der Waals surface area (Å²) in [6.45, 7) is 5.14. The molecule has 5 rings (SSSR count). The maximum atomic E-state index is 13.0. The molecule has 42 heavy (non-hydrogen) atoms. The largest absolute Gasteiger partial charge is 0.495 e. The Bertz CT molecular complexity index is 1550. The van der Waals surface area contributed by atoms with Crippen molar-refractivity contribution < 1.29 is 14.3 Å². The van der Waals surface area contributed by atoms with E-state index in [0.717, 1.165) is 30.4 Å². The van der Waals surface area contributed by atoms with E-state index in [0.29, 0.717) is 47.4 Å². The number of hydrogen-bond acceptors (Lipinski definition) is 10. The van der Waals surface area contributed by atoms with Gasteiger partial charge in [-0.05, 0) is 49.9 Å². The molecule has 4 aromatic rings. The molecule has 0 aliphatic carbocycles. The van der Waals surface area contributed by atoms with E-state index in [2.05, 4.69) is 43.4 Å². The maximum absolute atomic E-state index is 13.0. The van der Waals surface area contributed by atoms with Crippen molar-refractivity contribution in [3.63, 3.8) is 0 Å². The molecule has 12 nitrogen and oxygen atoms in total. The van der Waals surface area contributed by atoms with E-state index in [4.69, 9.17) is 9.47 Å². The molecule has 0 bridgehead atoms. The minimum atomic E-state index is -0.667. The molecular formula is C29H33N9O3Si. The minimum Gasteiger partial charge on any atom is -0.495 e.